The molecular formula is C16H18N2O4S. The van der Waals surface area contributed by atoms with Gasteiger partial charge in [0.05, 0.1) is 17.4 Å². The van der Waals surface area contributed by atoms with Gasteiger partial charge in [-0.25, -0.2) is 0 Å². The Labute approximate surface area is 137 Å². The van der Waals surface area contributed by atoms with Gasteiger partial charge in [0.15, 0.2) is 0 Å². The highest BCUT2D eigenvalue weighted by atomic mass is 32.1. The molecule has 0 unspecified atom stereocenters. The van der Waals surface area contributed by atoms with Crippen molar-refractivity contribution in [2.24, 2.45) is 29.4 Å². The number of thiophene rings is 1. The van der Waals surface area contributed by atoms with Gasteiger partial charge in [-0.05, 0) is 37.7 Å². The largest absolute Gasteiger partial charge is 0.481 e. The molecule has 6 nitrogen and oxygen atoms in total. The highest BCUT2D eigenvalue weighted by molar-refractivity contribution is 7.16. The summed E-state index contributed by atoms with van der Waals surface area (Å²) >= 11 is 1.29. The average Bonchev–Trinajstić information content (AvgIpc) is 3.12. The van der Waals surface area contributed by atoms with Gasteiger partial charge in [-0.15, -0.1) is 11.3 Å². The zero-order valence-electron chi connectivity index (χ0n) is 12.8. The maximum absolute atomic E-state index is 12.7. The highest BCUT2D eigenvalue weighted by Crippen LogP contribution is 2.48. The van der Waals surface area contributed by atoms with Crippen molar-refractivity contribution >= 4 is 34.1 Å². The summed E-state index contributed by atoms with van der Waals surface area (Å²) in [4.78, 5) is 36.7. The van der Waals surface area contributed by atoms with Crippen molar-refractivity contribution in [3.63, 3.8) is 0 Å². The Morgan fingerprint density at radius 2 is 1.83 bits per heavy atom. The van der Waals surface area contributed by atoms with Gasteiger partial charge in [-0.2, -0.15) is 0 Å². The number of aliphatic carboxylic acids is 1. The molecule has 0 aromatic carbocycles. The number of carbonyl (C=O) groups is 3. The summed E-state index contributed by atoms with van der Waals surface area (Å²) in [5.74, 6) is -3.34. The molecule has 0 spiro atoms. The molecule has 2 bridgehead atoms. The lowest BCUT2D eigenvalue weighted by Gasteiger charge is -2.23. The van der Waals surface area contributed by atoms with Crippen molar-refractivity contribution in [2.75, 3.05) is 5.32 Å². The maximum atomic E-state index is 12.7. The Bertz CT molecular complexity index is 737. The SMILES string of the molecule is Cc1sc(NC(=O)[C@H]2[C@@H](C(=O)O)[C@H]3C=C[C@@H]2C3)c(C(N)=O)c1C. The maximum Gasteiger partial charge on any atom is 0.307 e. The van der Waals surface area contributed by atoms with Gasteiger partial charge in [0.25, 0.3) is 5.91 Å². The van der Waals surface area contributed by atoms with Crippen LogP contribution in [0.1, 0.15) is 27.2 Å². The number of amides is 2. The summed E-state index contributed by atoms with van der Waals surface area (Å²) in [7, 11) is 0. The van der Waals surface area contributed by atoms with Crippen LogP contribution in [-0.4, -0.2) is 22.9 Å². The molecule has 4 atom stereocenters. The standard InChI is InChI=1S/C16H18N2O4S/c1-6-7(2)23-15(10(6)13(17)19)18-14(20)11-8-3-4-9(5-8)12(11)16(21)22/h3-4,8-9,11-12H,5H2,1-2H3,(H2,17,19)(H,18,20)(H,21,22)/t8-,9+,11-,12+/m1/s1. The number of carboxylic acid groups (broad SMARTS) is 1. The van der Waals surface area contributed by atoms with Crippen LogP contribution in [0.4, 0.5) is 5.00 Å². The molecule has 7 heteroatoms. The number of hydrogen-bond acceptors (Lipinski definition) is 4. The first-order valence-corrected chi connectivity index (χ1v) is 8.24. The summed E-state index contributed by atoms with van der Waals surface area (Å²) in [5.41, 5.74) is 6.47. The van der Waals surface area contributed by atoms with Gasteiger partial charge >= 0.3 is 5.97 Å². The summed E-state index contributed by atoms with van der Waals surface area (Å²) < 4.78 is 0. The van der Waals surface area contributed by atoms with Crippen LogP contribution < -0.4 is 11.1 Å². The second-order valence-corrected chi connectivity index (χ2v) is 7.40. The van der Waals surface area contributed by atoms with Gasteiger partial charge < -0.3 is 16.2 Å². The zero-order chi connectivity index (χ0) is 16.9. The van der Waals surface area contributed by atoms with Crippen LogP contribution in [0.25, 0.3) is 0 Å². The Hall–Kier alpha value is -2.15. The third kappa shape index (κ3) is 2.45. The zero-order valence-corrected chi connectivity index (χ0v) is 13.6. The second kappa shape index (κ2) is 5.49. The molecule has 0 aliphatic heterocycles. The number of allylic oxidation sites excluding steroid dienone is 2. The van der Waals surface area contributed by atoms with Crippen LogP contribution >= 0.6 is 11.3 Å². The highest BCUT2D eigenvalue weighted by Gasteiger charge is 2.51. The predicted molar refractivity (Wildman–Crippen MR) is 86.3 cm³/mol. The summed E-state index contributed by atoms with van der Waals surface area (Å²) in [5, 5.41) is 12.6. The first-order valence-electron chi connectivity index (χ1n) is 7.43. The fourth-order valence-corrected chi connectivity index (χ4v) is 4.79. The average molecular weight is 334 g/mol. The van der Waals surface area contributed by atoms with Gasteiger partial charge in [0.2, 0.25) is 5.91 Å². The van der Waals surface area contributed by atoms with E-state index >= 15 is 0 Å². The lowest BCUT2D eigenvalue weighted by Crippen LogP contribution is -2.36. The fraction of sp³-hybridized carbons (Fsp3) is 0.438. The molecule has 122 valence electrons. The minimum Gasteiger partial charge on any atom is -0.481 e. The predicted octanol–water partition coefficient (Wildman–Crippen LogP) is 1.93. The van der Waals surface area contributed by atoms with Gasteiger partial charge in [0.1, 0.15) is 5.00 Å². The summed E-state index contributed by atoms with van der Waals surface area (Å²) in [6.07, 6.45) is 4.51. The molecule has 1 aromatic rings. The molecule has 2 aliphatic rings. The van der Waals surface area contributed by atoms with E-state index in [0.717, 1.165) is 10.4 Å². The quantitative estimate of drug-likeness (QED) is 0.731. The normalized spacial score (nSPS) is 28.1. The molecular weight excluding hydrogens is 316 g/mol. The number of aryl methyl sites for hydroxylation is 1. The van der Waals surface area contributed by atoms with Crippen LogP contribution in [-0.2, 0) is 9.59 Å². The number of primary amides is 1. The van der Waals surface area contributed by atoms with Gasteiger partial charge in [0, 0.05) is 4.88 Å². The number of carbonyl (C=O) groups excluding carboxylic acids is 2. The summed E-state index contributed by atoms with van der Waals surface area (Å²) in [6.45, 7) is 3.63. The van der Waals surface area contributed by atoms with Gasteiger partial charge in [-0.1, -0.05) is 12.2 Å². The number of fused-ring (bicyclic) bond motifs is 2. The van der Waals surface area contributed by atoms with Crippen molar-refractivity contribution < 1.29 is 19.5 Å². The molecule has 2 amide bonds. The Morgan fingerprint density at radius 1 is 1.22 bits per heavy atom. The lowest BCUT2D eigenvalue weighted by atomic mass is 9.82. The number of nitrogens with two attached hydrogens (primary N) is 1. The van der Waals surface area contributed by atoms with E-state index in [2.05, 4.69) is 5.32 Å². The Balaban J connectivity index is 1.88. The Morgan fingerprint density at radius 3 is 2.39 bits per heavy atom. The van der Waals surface area contributed by atoms with Crippen molar-refractivity contribution in [1.29, 1.82) is 0 Å². The van der Waals surface area contributed by atoms with E-state index < -0.39 is 23.7 Å². The minimum atomic E-state index is -0.948. The summed E-state index contributed by atoms with van der Waals surface area (Å²) in [6, 6.07) is 0. The van der Waals surface area contributed by atoms with Crippen LogP contribution in [0.2, 0.25) is 0 Å². The molecule has 0 saturated heterocycles. The van der Waals surface area contributed by atoms with E-state index in [1.54, 1.807) is 6.92 Å². The fourth-order valence-electron chi connectivity index (χ4n) is 3.72. The Kier molecular flexibility index (Phi) is 3.75. The second-order valence-electron chi connectivity index (χ2n) is 6.18. The van der Waals surface area contributed by atoms with Crippen molar-refractivity contribution in [1.82, 2.24) is 0 Å². The molecule has 1 fully saturated rings. The van der Waals surface area contributed by atoms with Crippen molar-refractivity contribution in [3.05, 3.63) is 28.2 Å². The van der Waals surface area contributed by atoms with Crippen molar-refractivity contribution in [3.8, 4) is 0 Å². The first kappa shape index (κ1) is 15.7. The topological polar surface area (TPSA) is 109 Å². The lowest BCUT2D eigenvalue weighted by molar-refractivity contribution is -0.146. The molecule has 1 aromatic heterocycles. The van der Waals surface area contributed by atoms with E-state index in [1.165, 1.54) is 11.3 Å². The third-order valence-electron chi connectivity index (χ3n) is 4.92. The molecule has 0 radical (unpaired) electrons. The van der Waals surface area contributed by atoms with Crippen LogP contribution in [0, 0.1) is 37.5 Å². The molecule has 23 heavy (non-hydrogen) atoms. The van der Waals surface area contributed by atoms with Crippen LogP contribution in [0.5, 0.6) is 0 Å². The number of carboxylic acids is 1. The van der Waals surface area contributed by atoms with Crippen molar-refractivity contribution in [2.45, 2.75) is 20.3 Å². The van der Waals surface area contributed by atoms with E-state index in [1.807, 2.05) is 19.1 Å². The van der Waals surface area contributed by atoms with Crippen LogP contribution in [0.3, 0.4) is 0 Å². The van der Waals surface area contributed by atoms with Gasteiger partial charge in [-0.3, -0.25) is 14.4 Å². The van der Waals surface area contributed by atoms with E-state index in [9.17, 15) is 19.5 Å². The first-order chi connectivity index (χ1) is 10.8. The van der Waals surface area contributed by atoms with E-state index in [4.69, 9.17) is 5.73 Å². The number of anilines is 1. The molecule has 1 saturated carbocycles. The molecule has 1 heterocycles. The molecule has 2 aliphatic carbocycles. The molecule has 4 N–H and O–H groups in total. The third-order valence-corrected chi connectivity index (χ3v) is 6.04. The smallest absolute Gasteiger partial charge is 0.307 e. The van der Waals surface area contributed by atoms with E-state index in [-0.39, 0.29) is 17.7 Å². The van der Waals surface area contributed by atoms with E-state index in [0.29, 0.717) is 17.0 Å². The number of rotatable bonds is 4. The number of nitrogens with one attached hydrogen (secondary N) is 1. The minimum absolute atomic E-state index is 0.0553. The number of hydrogen-bond donors (Lipinski definition) is 3. The molecule has 3 rings (SSSR count). The van der Waals surface area contributed by atoms with Crippen LogP contribution in [0.15, 0.2) is 12.2 Å². The monoisotopic (exact) mass is 334 g/mol.